The molecule has 4 rings (SSSR count). The monoisotopic (exact) mass is 316 g/mol. The number of aromatic hydroxyl groups is 1. The lowest BCUT2D eigenvalue weighted by atomic mass is 9.97. The molecular formula is C21H20N2O. The maximum atomic E-state index is 10.4. The molecule has 3 aromatic carbocycles. The molecule has 3 N–H and O–H groups in total. The summed E-state index contributed by atoms with van der Waals surface area (Å²) in [6, 6.07) is 18.8. The van der Waals surface area contributed by atoms with E-state index in [-0.39, 0.29) is 6.04 Å². The smallest absolute Gasteiger partial charge is 0.127 e. The van der Waals surface area contributed by atoms with Crippen molar-refractivity contribution < 1.29 is 5.11 Å². The molecule has 0 aromatic heterocycles. The van der Waals surface area contributed by atoms with Gasteiger partial charge in [0.1, 0.15) is 5.75 Å². The molecule has 1 aliphatic heterocycles. The van der Waals surface area contributed by atoms with Crippen LogP contribution in [0.3, 0.4) is 0 Å². The van der Waals surface area contributed by atoms with Crippen LogP contribution in [-0.4, -0.2) is 5.11 Å². The minimum absolute atomic E-state index is 0.0614. The van der Waals surface area contributed by atoms with Crippen LogP contribution in [0.25, 0.3) is 16.5 Å². The molecule has 3 heteroatoms. The van der Waals surface area contributed by atoms with E-state index in [1.54, 1.807) is 0 Å². The van der Waals surface area contributed by atoms with E-state index in [1.165, 1.54) is 16.3 Å². The van der Waals surface area contributed by atoms with Crippen LogP contribution in [0.2, 0.25) is 0 Å². The second kappa shape index (κ2) is 5.69. The van der Waals surface area contributed by atoms with Gasteiger partial charge in [-0.3, -0.25) is 0 Å². The molecule has 0 aliphatic carbocycles. The van der Waals surface area contributed by atoms with Crippen molar-refractivity contribution in [3.8, 4) is 5.75 Å². The van der Waals surface area contributed by atoms with Gasteiger partial charge >= 0.3 is 0 Å². The SMILES string of the molecule is Cc1cc(C)c(O)c(C2=C[C@H](c3cccc4ccccc34)NN2)c1. The second-order valence-electron chi connectivity index (χ2n) is 6.37. The Morgan fingerprint density at radius 1 is 0.958 bits per heavy atom. The van der Waals surface area contributed by atoms with Crippen molar-refractivity contribution in [2.75, 3.05) is 0 Å². The minimum Gasteiger partial charge on any atom is -0.507 e. The Morgan fingerprint density at radius 2 is 1.75 bits per heavy atom. The van der Waals surface area contributed by atoms with Crippen molar-refractivity contribution in [1.82, 2.24) is 10.9 Å². The number of phenolic OH excluding ortho intramolecular Hbond substituents is 1. The van der Waals surface area contributed by atoms with Gasteiger partial charge in [-0.05, 0) is 53.5 Å². The predicted octanol–water partition coefficient (Wildman–Crippen LogP) is 4.35. The van der Waals surface area contributed by atoms with Gasteiger partial charge in [0.15, 0.2) is 0 Å². The number of phenols is 1. The van der Waals surface area contributed by atoms with E-state index in [0.29, 0.717) is 5.75 Å². The molecule has 1 aliphatic rings. The predicted molar refractivity (Wildman–Crippen MR) is 98.5 cm³/mol. The minimum atomic E-state index is 0.0614. The Labute approximate surface area is 141 Å². The number of hydrogen-bond donors (Lipinski definition) is 3. The molecule has 120 valence electrons. The Bertz CT molecular complexity index is 954. The summed E-state index contributed by atoms with van der Waals surface area (Å²) in [5.74, 6) is 0.333. The van der Waals surface area contributed by atoms with Crippen LogP contribution < -0.4 is 10.9 Å². The van der Waals surface area contributed by atoms with Gasteiger partial charge in [-0.2, -0.15) is 0 Å². The third kappa shape index (κ3) is 2.43. The fraction of sp³-hybridized carbons (Fsp3) is 0.143. The van der Waals surface area contributed by atoms with Gasteiger partial charge in [0, 0.05) is 5.56 Å². The van der Waals surface area contributed by atoms with E-state index in [1.807, 2.05) is 26.0 Å². The summed E-state index contributed by atoms with van der Waals surface area (Å²) in [4.78, 5) is 0. The van der Waals surface area contributed by atoms with Crippen LogP contribution in [-0.2, 0) is 0 Å². The summed E-state index contributed by atoms with van der Waals surface area (Å²) in [6.45, 7) is 3.97. The summed E-state index contributed by atoms with van der Waals surface area (Å²) in [7, 11) is 0. The van der Waals surface area contributed by atoms with Crippen LogP contribution in [0.5, 0.6) is 5.75 Å². The average Bonchev–Trinajstić information content (AvgIpc) is 3.07. The van der Waals surface area contributed by atoms with Gasteiger partial charge in [-0.15, -0.1) is 0 Å². The Morgan fingerprint density at radius 3 is 2.62 bits per heavy atom. The van der Waals surface area contributed by atoms with Crippen molar-refractivity contribution >= 4 is 16.5 Å². The number of benzene rings is 3. The van der Waals surface area contributed by atoms with Crippen molar-refractivity contribution in [2.24, 2.45) is 0 Å². The lowest BCUT2D eigenvalue weighted by molar-refractivity contribution is 0.468. The number of aryl methyl sites for hydroxylation is 2. The van der Waals surface area contributed by atoms with E-state index in [4.69, 9.17) is 0 Å². The average molecular weight is 316 g/mol. The molecule has 0 spiro atoms. The molecule has 0 saturated heterocycles. The number of rotatable bonds is 2. The molecule has 0 amide bonds. The van der Waals surface area contributed by atoms with E-state index < -0.39 is 0 Å². The fourth-order valence-electron chi connectivity index (χ4n) is 3.42. The molecule has 3 nitrogen and oxygen atoms in total. The highest BCUT2D eigenvalue weighted by atomic mass is 16.3. The van der Waals surface area contributed by atoms with Gasteiger partial charge in [-0.25, -0.2) is 5.43 Å². The van der Waals surface area contributed by atoms with E-state index in [2.05, 4.69) is 59.4 Å². The van der Waals surface area contributed by atoms with Crippen LogP contribution >= 0.6 is 0 Å². The van der Waals surface area contributed by atoms with E-state index >= 15 is 0 Å². The first-order valence-corrected chi connectivity index (χ1v) is 8.15. The fourth-order valence-corrected chi connectivity index (χ4v) is 3.42. The highest BCUT2D eigenvalue weighted by molar-refractivity contribution is 5.87. The summed E-state index contributed by atoms with van der Waals surface area (Å²) < 4.78 is 0. The van der Waals surface area contributed by atoms with Crippen molar-refractivity contribution in [3.05, 3.63) is 82.9 Å². The molecule has 0 bridgehead atoms. The maximum Gasteiger partial charge on any atom is 0.127 e. The highest BCUT2D eigenvalue weighted by Gasteiger charge is 2.21. The first-order chi connectivity index (χ1) is 11.6. The lowest BCUT2D eigenvalue weighted by Crippen LogP contribution is -2.26. The van der Waals surface area contributed by atoms with Crippen LogP contribution in [0.15, 0.2) is 60.7 Å². The number of nitrogens with one attached hydrogen (secondary N) is 2. The molecule has 1 heterocycles. The van der Waals surface area contributed by atoms with Gasteiger partial charge < -0.3 is 10.5 Å². The summed E-state index contributed by atoms with van der Waals surface area (Å²) in [5.41, 5.74) is 11.6. The maximum absolute atomic E-state index is 10.4. The molecule has 0 unspecified atom stereocenters. The molecular weight excluding hydrogens is 296 g/mol. The van der Waals surface area contributed by atoms with Gasteiger partial charge in [-0.1, -0.05) is 48.5 Å². The quantitative estimate of drug-likeness (QED) is 0.658. The van der Waals surface area contributed by atoms with Gasteiger partial charge in [0.2, 0.25) is 0 Å². The Kier molecular flexibility index (Phi) is 3.51. The van der Waals surface area contributed by atoms with Gasteiger partial charge in [0.25, 0.3) is 0 Å². The first kappa shape index (κ1) is 14.8. The molecule has 0 saturated carbocycles. The number of hydrazine groups is 1. The molecule has 0 radical (unpaired) electrons. The normalized spacial score (nSPS) is 16.9. The third-order valence-electron chi connectivity index (χ3n) is 4.59. The summed E-state index contributed by atoms with van der Waals surface area (Å²) in [5, 5.41) is 12.9. The molecule has 0 fully saturated rings. The van der Waals surface area contributed by atoms with Crippen molar-refractivity contribution in [2.45, 2.75) is 19.9 Å². The van der Waals surface area contributed by atoms with Crippen LogP contribution in [0.1, 0.15) is 28.3 Å². The van der Waals surface area contributed by atoms with Crippen LogP contribution in [0.4, 0.5) is 0 Å². The molecule has 24 heavy (non-hydrogen) atoms. The van der Waals surface area contributed by atoms with Crippen molar-refractivity contribution in [1.29, 1.82) is 0 Å². The topological polar surface area (TPSA) is 44.3 Å². The second-order valence-corrected chi connectivity index (χ2v) is 6.37. The Balaban J connectivity index is 1.78. The Hall–Kier alpha value is -2.78. The zero-order valence-corrected chi connectivity index (χ0v) is 13.8. The summed E-state index contributed by atoms with van der Waals surface area (Å²) in [6.07, 6.45) is 2.13. The van der Waals surface area contributed by atoms with Gasteiger partial charge in [0.05, 0.1) is 11.7 Å². The van der Waals surface area contributed by atoms with Crippen LogP contribution in [0, 0.1) is 13.8 Å². The number of fused-ring (bicyclic) bond motifs is 1. The zero-order valence-electron chi connectivity index (χ0n) is 13.8. The van der Waals surface area contributed by atoms with E-state index in [9.17, 15) is 5.11 Å². The summed E-state index contributed by atoms with van der Waals surface area (Å²) >= 11 is 0. The first-order valence-electron chi connectivity index (χ1n) is 8.15. The number of hydrogen-bond acceptors (Lipinski definition) is 3. The molecule has 3 aromatic rings. The zero-order chi connectivity index (χ0) is 16.7. The van der Waals surface area contributed by atoms with E-state index in [0.717, 1.165) is 22.4 Å². The highest BCUT2D eigenvalue weighted by Crippen LogP contribution is 2.34. The molecule has 1 atom stereocenters. The van der Waals surface area contributed by atoms with Crippen molar-refractivity contribution in [3.63, 3.8) is 0 Å². The largest absolute Gasteiger partial charge is 0.507 e. The lowest BCUT2D eigenvalue weighted by Gasteiger charge is -2.12. The standard InChI is InChI=1S/C21H20N2O/c1-13-10-14(2)21(24)18(11-13)20-12-19(22-23-20)17-9-5-7-15-6-3-4-8-16(15)17/h3-12,19,22-24H,1-2H3/t19-/m1/s1. The third-order valence-corrected chi connectivity index (χ3v) is 4.59.